The molecule has 232 valence electrons. The number of benzene rings is 1. The topological polar surface area (TPSA) is 91.0 Å². The molecule has 0 radical (unpaired) electrons. The van der Waals surface area contributed by atoms with E-state index in [-0.39, 0.29) is 36.2 Å². The number of halogens is 2. The van der Waals surface area contributed by atoms with E-state index in [0.29, 0.717) is 29.1 Å². The van der Waals surface area contributed by atoms with Gasteiger partial charge in [0.1, 0.15) is 11.6 Å². The largest absolute Gasteiger partial charge is 0.359 e. The lowest BCUT2D eigenvalue weighted by Gasteiger charge is -2.38. The second-order valence-corrected chi connectivity index (χ2v) is 13.1. The van der Waals surface area contributed by atoms with Crippen molar-refractivity contribution in [3.05, 3.63) is 41.4 Å². The van der Waals surface area contributed by atoms with Crippen LogP contribution in [0.25, 0.3) is 0 Å². The molecule has 1 spiro atoms. The zero-order valence-corrected chi connectivity index (χ0v) is 26.8. The van der Waals surface area contributed by atoms with E-state index >= 15 is 0 Å². The lowest BCUT2D eigenvalue weighted by Crippen LogP contribution is -2.58. The zero-order chi connectivity index (χ0) is 29.3. The van der Waals surface area contributed by atoms with Gasteiger partial charge in [0.2, 0.25) is 17.7 Å². The van der Waals surface area contributed by atoms with Crippen LogP contribution in [0.15, 0.2) is 36.4 Å². The number of likely N-dealkylation sites (tertiary alicyclic amines) is 1. The van der Waals surface area contributed by atoms with E-state index in [0.717, 1.165) is 51.6 Å². The van der Waals surface area contributed by atoms with Crippen molar-refractivity contribution in [1.82, 2.24) is 15.1 Å². The summed E-state index contributed by atoms with van der Waals surface area (Å²) in [5, 5.41) is 6.78. The molecule has 3 heterocycles. The fraction of sp³-hybridized carbons (Fsp3) is 0.656. The lowest BCUT2D eigenvalue weighted by atomic mass is 9.73. The highest BCUT2D eigenvalue weighted by atomic mass is 35.5. The van der Waals surface area contributed by atoms with E-state index in [4.69, 9.17) is 16.3 Å². The molecule has 1 aromatic rings. The Morgan fingerprint density at radius 2 is 1.93 bits per heavy atom. The molecule has 8 atom stereocenters. The van der Waals surface area contributed by atoms with Gasteiger partial charge in [-0.05, 0) is 69.4 Å². The summed E-state index contributed by atoms with van der Waals surface area (Å²) in [7, 11) is 2.09. The molecule has 1 aromatic carbocycles. The number of unbranched alkanes of at least 4 members (excludes halogenated alkanes) is 1. The maximum absolute atomic E-state index is 14.2. The van der Waals surface area contributed by atoms with Crippen molar-refractivity contribution in [2.75, 3.05) is 32.0 Å². The average molecular weight is 622 g/mol. The second-order valence-electron chi connectivity index (χ2n) is 12.6. The summed E-state index contributed by atoms with van der Waals surface area (Å²) in [6.45, 7) is 8.88. The first-order chi connectivity index (χ1) is 19.7. The molecule has 3 fully saturated rings. The third kappa shape index (κ3) is 6.23. The minimum absolute atomic E-state index is 0. The fourth-order valence-corrected chi connectivity index (χ4v) is 7.59. The molecule has 2 N–H and O–H groups in total. The van der Waals surface area contributed by atoms with Crippen LogP contribution in [0.3, 0.4) is 0 Å². The van der Waals surface area contributed by atoms with Crippen molar-refractivity contribution < 1.29 is 19.1 Å². The first-order valence-electron chi connectivity index (χ1n) is 15.4. The third-order valence-electron chi connectivity index (χ3n) is 9.88. The molecule has 1 saturated carbocycles. The Bertz CT molecular complexity index is 1180. The molecule has 8 nitrogen and oxygen atoms in total. The number of nitrogens with one attached hydrogen (secondary N) is 2. The summed E-state index contributed by atoms with van der Waals surface area (Å²) in [4.78, 5) is 45.9. The number of fused-ring (bicyclic) bond motifs is 1. The molecule has 10 heteroatoms. The molecule has 0 aromatic heterocycles. The van der Waals surface area contributed by atoms with Crippen molar-refractivity contribution in [3.8, 4) is 0 Å². The molecule has 3 aliphatic heterocycles. The van der Waals surface area contributed by atoms with E-state index in [2.05, 4.69) is 43.4 Å². The van der Waals surface area contributed by atoms with Gasteiger partial charge < -0.3 is 25.2 Å². The molecule has 2 saturated heterocycles. The average Bonchev–Trinajstić information content (AvgIpc) is 3.57. The van der Waals surface area contributed by atoms with Crippen LogP contribution in [0, 0.1) is 23.7 Å². The van der Waals surface area contributed by atoms with E-state index in [1.807, 2.05) is 12.2 Å². The van der Waals surface area contributed by atoms with Gasteiger partial charge in [0.15, 0.2) is 0 Å². The SMILES string of the molecule is CCCCN(C)CCCN1C(=O)[C@H]2C(C(=O)Nc3cccc(Cl)c3)[C@H]3C=CC2(O3)C1C(=O)NC1CCCC(C)C1C.Cl. The number of hydrogen-bond acceptors (Lipinski definition) is 5. The highest BCUT2D eigenvalue weighted by Crippen LogP contribution is 2.55. The van der Waals surface area contributed by atoms with Crippen molar-refractivity contribution >= 4 is 47.4 Å². The van der Waals surface area contributed by atoms with Gasteiger partial charge in [-0.3, -0.25) is 14.4 Å². The predicted molar refractivity (Wildman–Crippen MR) is 168 cm³/mol. The number of carbonyl (C=O) groups is 3. The van der Waals surface area contributed by atoms with Gasteiger partial charge >= 0.3 is 0 Å². The molecule has 4 aliphatic rings. The van der Waals surface area contributed by atoms with Crippen LogP contribution in [0.4, 0.5) is 5.69 Å². The second kappa shape index (κ2) is 13.7. The number of hydrogen-bond donors (Lipinski definition) is 2. The van der Waals surface area contributed by atoms with Gasteiger partial charge in [-0.15, -0.1) is 12.4 Å². The molecule has 2 bridgehead atoms. The van der Waals surface area contributed by atoms with E-state index in [1.165, 1.54) is 0 Å². The Labute approximate surface area is 261 Å². The van der Waals surface area contributed by atoms with Crippen LogP contribution in [-0.4, -0.2) is 78.0 Å². The van der Waals surface area contributed by atoms with Crippen LogP contribution in [-0.2, 0) is 19.1 Å². The molecule has 3 amide bonds. The Hall–Kier alpha value is -2.13. The standard InChI is InChI=1S/C32H45ClN4O4.ClH/c1-5-6-16-36(4)17-9-18-37-28(30(39)35-24-13-7-10-20(2)21(24)3)32-15-14-25(41-32)26(27(32)31(37)40)29(38)34-23-12-8-11-22(33)19-23;/h8,11-12,14-15,19-21,24-28H,5-7,9-10,13,16-18H2,1-4H3,(H,34,38)(H,35,39);1H/t20?,21?,24?,25-,26?,27-,28?,32?;/m1./s1. The number of ether oxygens (including phenoxy) is 1. The minimum Gasteiger partial charge on any atom is -0.359 e. The first-order valence-corrected chi connectivity index (χ1v) is 15.8. The molecule has 6 unspecified atom stereocenters. The number of rotatable bonds is 11. The van der Waals surface area contributed by atoms with Gasteiger partial charge in [-0.1, -0.05) is 69.9 Å². The first kappa shape index (κ1) is 32.8. The summed E-state index contributed by atoms with van der Waals surface area (Å²) < 4.78 is 6.50. The molecule has 5 rings (SSSR count). The number of anilines is 1. The highest BCUT2D eigenvalue weighted by Gasteiger charge is 2.72. The van der Waals surface area contributed by atoms with Gasteiger partial charge in [0.05, 0.1) is 17.9 Å². The summed E-state index contributed by atoms with van der Waals surface area (Å²) in [6, 6.07) is 6.21. The lowest BCUT2D eigenvalue weighted by molar-refractivity contribution is -0.141. The van der Waals surface area contributed by atoms with Crippen molar-refractivity contribution in [2.45, 2.75) is 83.1 Å². The van der Waals surface area contributed by atoms with E-state index < -0.39 is 29.6 Å². The maximum Gasteiger partial charge on any atom is 0.246 e. The monoisotopic (exact) mass is 620 g/mol. The van der Waals surface area contributed by atoms with Crippen LogP contribution in [0.5, 0.6) is 0 Å². The molecular formula is C32H46Cl2N4O4. The smallest absolute Gasteiger partial charge is 0.246 e. The van der Waals surface area contributed by atoms with Crippen molar-refractivity contribution in [1.29, 1.82) is 0 Å². The van der Waals surface area contributed by atoms with Crippen molar-refractivity contribution in [3.63, 3.8) is 0 Å². The molecule has 42 heavy (non-hydrogen) atoms. The number of nitrogens with zero attached hydrogens (tertiary/aromatic N) is 2. The Kier molecular flexibility index (Phi) is 10.7. The van der Waals surface area contributed by atoms with Gasteiger partial charge in [0, 0.05) is 23.3 Å². The normalized spacial score (nSPS) is 33.0. The quantitative estimate of drug-likeness (QED) is 0.343. The number of amides is 3. The van der Waals surface area contributed by atoms with Gasteiger partial charge in [-0.25, -0.2) is 0 Å². The van der Waals surface area contributed by atoms with Crippen LogP contribution < -0.4 is 10.6 Å². The van der Waals surface area contributed by atoms with Gasteiger partial charge in [-0.2, -0.15) is 0 Å². The van der Waals surface area contributed by atoms with E-state index in [9.17, 15) is 14.4 Å². The summed E-state index contributed by atoms with van der Waals surface area (Å²) in [5.74, 6) is -1.25. The summed E-state index contributed by atoms with van der Waals surface area (Å²) >= 11 is 6.14. The fourth-order valence-electron chi connectivity index (χ4n) is 7.40. The van der Waals surface area contributed by atoms with Crippen LogP contribution >= 0.6 is 24.0 Å². The Morgan fingerprint density at radius 1 is 1.17 bits per heavy atom. The van der Waals surface area contributed by atoms with Gasteiger partial charge in [0.25, 0.3) is 0 Å². The van der Waals surface area contributed by atoms with Crippen molar-refractivity contribution in [2.24, 2.45) is 23.7 Å². The minimum atomic E-state index is -1.15. The summed E-state index contributed by atoms with van der Waals surface area (Å²) in [5.41, 5.74) is -0.588. The predicted octanol–water partition coefficient (Wildman–Crippen LogP) is 4.91. The van der Waals surface area contributed by atoms with E-state index in [1.54, 1.807) is 29.2 Å². The number of carbonyl (C=O) groups excluding carboxylic acids is 3. The zero-order valence-electron chi connectivity index (χ0n) is 25.2. The Balaban J connectivity index is 0.00000405. The molecule has 1 aliphatic carbocycles. The van der Waals surface area contributed by atoms with Crippen LogP contribution in [0.1, 0.15) is 59.3 Å². The highest BCUT2D eigenvalue weighted by molar-refractivity contribution is 6.30. The summed E-state index contributed by atoms with van der Waals surface area (Å²) in [6.07, 6.45) is 9.34. The Morgan fingerprint density at radius 3 is 2.67 bits per heavy atom. The van der Waals surface area contributed by atoms with Crippen LogP contribution in [0.2, 0.25) is 5.02 Å². The molecular weight excluding hydrogens is 575 g/mol. The third-order valence-corrected chi connectivity index (χ3v) is 10.1. The maximum atomic E-state index is 14.2.